The number of rotatable bonds is 6. The molecule has 1 N–H and O–H groups in total. The first-order valence-electron chi connectivity index (χ1n) is 5.43. The number of anilines is 1. The third-order valence-electron chi connectivity index (χ3n) is 2.28. The molecular formula is C12H17BrFN. The summed E-state index contributed by atoms with van der Waals surface area (Å²) in [4.78, 5) is 0. The van der Waals surface area contributed by atoms with Crippen molar-refractivity contribution in [2.45, 2.75) is 32.6 Å². The molecule has 0 spiro atoms. The van der Waals surface area contributed by atoms with Gasteiger partial charge in [-0.15, -0.1) is 0 Å². The number of halogens is 2. The van der Waals surface area contributed by atoms with Crippen LogP contribution < -0.4 is 5.32 Å². The smallest absolute Gasteiger partial charge is 0.139 e. The fraction of sp³-hybridized carbons (Fsp3) is 0.500. The van der Waals surface area contributed by atoms with Crippen LogP contribution in [-0.2, 0) is 0 Å². The first-order chi connectivity index (χ1) is 7.24. The second-order valence-electron chi connectivity index (χ2n) is 3.62. The second-order valence-corrected chi connectivity index (χ2v) is 4.47. The van der Waals surface area contributed by atoms with Crippen molar-refractivity contribution in [3.8, 4) is 0 Å². The molecule has 0 aliphatic carbocycles. The molecule has 1 aromatic carbocycles. The van der Waals surface area contributed by atoms with Gasteiger partial charge in [-0.3, -0.25) is 0 Å². The van der Waals surface area contributed by atoms with Crippen molar-refractivity contribution in [3.63, 3.8) is 0 Å². The Hall–Kier alpha value is -0.570. The molecule has 0 radical (unpaired) electrons. The maximum Gasteiger partial charge on any atom is 0.139 e. The molecule has 15 heavy (non-hydrogen) atoms. The Labute approximate surface area is 99.2 Å². The minimum atomic E-state index is -0.214. The summed E-state index contributed by atoms with van der Waals surface area (Å²) in [6, 6.07) is 5.13. The highest BCUT2D eigenvalue weighted by Crippen LogP contribution is 2.19. The monoisotopic (exact) mass is 273 g/mol. The highest BCUT2D eigenvalue weighted by molar-refractivity contribution is 9.10. The first-order valence-corrected chi connectivity index (χ1v) is 6.22. The van der Waals surface area contributed by atoms with Gasteiger partial charge in [0.25, 0.3) is 0 Å². The van der Waals surface area contributed by atoms with E-state index in [9.17, 15) is 4.39 Å². The maximum atomic E-state index is 13.1. The quantitative estimate of drug-likeness (QED) is 0.749. The third-order valence-corrected chi connectivity index (χ3v) is 2.92. The van der Waals surface area contributed by atoms with Gasteiger partial charge in [0.05, 0.1) is 4.47 Å². The van der Waals surface area contributed by atoms with E-state index in [4.69, 9.17) is 0 Å². The molecule has 0 saturated heterocycles. The van der Waals surface area contributed by atoms with Crippen LogP contribution in [0.15, 0.2) is 22.7 Å². The zero-order valence-electron chi connectivity index (χ0n) is 9.02. The summed E-state index contributed by atoms with van der Waals surface area (Å²) >= 11 is 3.13. The van der Waals surface area contributed by atoms with Crippen molar-refractivity contribution in [1.82, 2.24) is 0 Å². The average molecular weight is 274 g/mol. The molecule has 0 aliphatic heterocycles. The molecule has 0 heterocycles. The van der Waals surface area contributed by atoms with Gasteiger partial charge >= 0.3 is 0 Å². The van der Waals surface area contributed by atoms with Gasteiger partial charge < -0.3 is 5.32 Å². The van der Waals surface area contributed by atoms with Gasteiger partial charge in [0.15, 0.2) is 0 Å². The van der Waals surface area contributed by atoms with E-state index in [0.29, 0.717) is 4.47 Å². The fourth-order valence-corrected chi connectivity index (χ4v) is 1.64. The average Bonchev–Trinajstić information content (AvgIpc) is 2.23. The first kappa shape index (κ1) is 12.5. The summed E-state index contributed by atoms with van der Waals surface area (Å²) in [6.45, 7) is 3.11. The number of benzene rings is 1. The third kappa shape index (κ3) is 4.65. The Morgan fingerprint density at radius 3 is 2.73 bits per heavy atom. The van der Waals surface area contributed by atoms with Crippen molar-refractivity contribution in [2.75, 3.05) is 11.9 Å². The van der Waals surface area contributed by atoms with Gasteiger partial charge in [-0.25, -0.2) is 4.39 Å². The van der Waals surface area contributed by atoms with Crippen LogP contribution in [-0.4, -0.2) is 6.54 Å². The summed E-state index contributed by atoms with van der Waals surface area (Å²) in [5.41, 5.74) is 0.854. The Morgan fingerprint density at radius 1 is 1.27 bits per heavy atom. The molecule has 0 aliphatic rings. The number of hydrogen-bond donors (Lipinski definition) is 1. The van der Waals surface area contributed by atoms with E-state index in [1.165, 1.54) is 25.3 Å². The minimum Gasteiger partial charge on any atom is -0.385 e. The molecule has 0 amide bonds. The topological polar surface area (TPSA) is 12.0 Å². The molecule has 3 heteroatoms. The van der Waals surface area contributed by atoms with Gasteiger partial charge in [0, 0.05) is 12.2 Å². The summed E-state index contributed by atoms with van der Waals surface area (Å²) in [5, 5.41) is 3.21. The number of hydrogen-bond acceptors (Lipinski definition) is 1. The molecular weight excluding hydrogens is 257 g/mol. The molecule has 0 unspecified atom stereocenters. The molecule has 1 rings (SSSR count). The van der Waals surface area contributed by atoms with Gasteiger partial charge in [-0.2, -0.15) is 0 Å². The Morgan fingerprint density at radius 2 is 2.07 bits per heavy atom. The second kappa shape index (κ2) is 6.83. The van der Waals surface area contributed by atoms with E-state index in [1.54, 1.807) is 6.07 Å². The van der Waals surface area contributed by atoms with E-state index in [-0.39, 0.29) is 5.82 Å². The standard InChI is InChI=1S/C12H17BrFN/c1-2-3-4-5-8-15-10-6-7-11(13)12(14)9-10/h6-7,9,15H,2-5,8H2,1H3. The van der Waals surface area contributed by atoms with Crippen molar-refractivity contribution >= 4 is 21.6 Å². The lowest BCUT2D eigenvalue weighted by Crippen LogP contribution is -2.01. The zero-order chi connectivity index (χ0) is 11.1. The van der Waals surface area contributed by atoms with Crippen LogP contribution in [0.3, 0.4) is 0 Å². The molecule has 1 nitrogen and oxygen atoms in total. The van der Waals surface area contributed by atoms with Gasteiger partial charge in [-0.1, -0.05) is 26.2 Å². The van der Waals surface area contributed by atoms with Crippen LogP contribution in [0.2, 0.25) is 0 Å². The van der Waals surface area contributed by atoms with E-state index < -0.39 is 0 Å². The van der Waals surface area contributed by atoms with Crippen LogP contribution in [0.25, 0.3) is 0 Å². The van der Waals surface area contributed by atoms with E-state index in [2.05, 4.69) is 28.2 Å². The summed E-state index contributed by atoms with van der Waals surface area (Å²) < 4.78 is 13.6. The zero-order valence-corrected chi connectivity index (χ0v) is 10.6. The predicted octanol–water partition coefficient (Wildman–Crippen LogP) is 4.58. The number of nitrogens with one attached hydrogen (secondary N) is 1. The molecule has 84 valence electrons. The van der Waals surface area contributed by atoms with Crippen LogP contribution in [0.1, 0.15) is 32.6 Å². The molecule has 0 saturated carbocycles. The van der Waals surface area contributed by atoms with Crippen molar-refractivity contribution in [2.24, 2.45) is 0 Å². The lowest BCUT2D eigenvalue weighted by Gasteiger charge is -2.06. The Balaban J connectivity index is 2.28. The lowest BCUT2D eigenvalue weighted by atomic mass is 10.2. The van der Waals surface area contributed by atoms with Crippen molar-refractivity contribution < 1.29 is 4.39 Å². The fourth-order valence-electron chi connectivity index (χ4n) is 1.39. The summed E-state index contributed by atoms with van der Waals surface area (Å²) in [6.07, 6.45) is 4.90. The van der Waals surface area contributed by atoms with Crippen LogP contribution in [0.4, 0.5) is 10.1 Å². The molecule has 0 bridgehead atoms. The van der Waals surface area contributed by atoms with Gasteiger partial charge in [0.2, 0.25) is 0 Å². The predicted molar refractivity (Wildman–Crippen MR) is 66.7 cm³/mol. The van der Waals surface area contributed by atoms with E-state index in [1.807, 2.05) is 6.07 Å². The Kier molecular flexibility index (Phi) is 5.69. The summed E-state index contributed by atoms with van der Waals surface area (Å²) in [7, 11) is 0. The van der Waals surface area contributed by atoms with Gasteiger partial charge in [-0.05, 0) is 40.5 Å². The highest BCUT2D eigenvalue weighted by atomic mass is 79.9. The van der Waals surface area contributed by atoms with Crippen molar-refractivity contribution in [1.29, 1.82) is 0 Å². The molecule has 0 atom stereocenters. The van der Waals surface area contributed by atoms with Crippen LogP contribution in [0.5, 0.6) is 0 Å². The lowest BCUT2D eigenvalue weighted by molar-refractivity contribution is 0.621. The SMILES string of the molecule is CCCCCCNc1ccc(Br)c(F)c1. The Bertz CT molecular complexity index is 302. The largest absolute Gasteiger partial charge is 0.385 e. The molecule has 1 aromatic rings. The van der Waals surface area contributed by atoms with Crippen molar-refractivity contribution in [3.05, 3.63) is 28.5 Å². The highest BCUT2D eigenvalue weighted by Gasteiger charge is 1.99. The number of unbranched alkanes of at least 4 members (excludes halogenated alkanes) is 3. The normalized spacial score (nSPS) is 10.3. The maximum absolute atomic E-state index is 13.1. The van der Waals surface area contributed by atoms with E-state index in [0.717, 1.165) is 18.7 Å². The van der Waals surface area contributed by atoms with Crippen LogP contribution in [0, 0.1) is 5.82 Å². The molecule has 0 aromatic heterocycles. The summed E-state index contributed by atoms with van der Waals surface area (Å²) in [5.74, 6) is -0.214. The van der Waals surface area contributed by atoms with Gasteiger partial charge in [0.1, 0.15) is 5.82 Å². The molecule has 0 fully saturated rings. The van der Waals surface area contributed by atoms with E-state index >= 15 is 0 Å². The van der Waals surface area contributed by atoms with Crippen LogP contribution >= 0.6 is 15.9 Å². The minimum absolute atomic E-state index is 0.214.